The average molecular weight is 415 g/mol. The minimum absolute atomic E-state index is 0.289. The normalized spacial score (nSPS) is 17.6. The SMILES string of the molecule is CCCCc1ccc(C[C@]2(C)CCc3cccc(-c4cccc(C(=O)O)c4)c3O2)cc1. The predicted molar refractivity (Wildman–Crippen MR) is 125 cm³/mol. The van der Waals surface area contributed by atoms with Gasteiger partial charge in [-0.15, -0.1) is 0 Å². The highest BCUT2D eigenvalue weighted by atomic mass is 16.5. The van der Waals surface area contributed by atoms with E-state index in [0.717, 1.165) is 42.6 Å². The summed E-state index contributed by atoms with van der Waals surface area (Å²) in [6, 6.07) is 22.2. The van der Waals surface area contributed by atoms with E-state index in [-0.39, 0.29) is 11.2 Å². The highest BCUT2D eigenvalue weighted by molar-refractivity contribution is 5.90. The highest BCUT2D eigenvalue weighted by Crippen LogP contribution is 2.42. The number of hydrogen-bond donors (Lipinski definition) is 1. The molecule has 1 atom stereocenters. The Labute approximate surface area is 184 Å². The van der Waals surface area contributed by atoms with E-state index in [4.69, 9.17) is 4.74 Å². The monoisotopic (exact) mass is 414 g/mol. The zero-order chi connectivity index (χ0) is 21.8. The van der Waals surface area contributed by atoms with Crippen LogP contribution in [-0.4, -0.2) is 16.7 Å². The summed E-state index contributed by atoms with van der Waals surface area (Å²) in [7, 11) is 0. The molecule has 0 spiro atoms. The fourth-order valence-corrected chi connectivity index (χ4v) is 4.41. The molecule has 1 N–H and O–H groups in total. The molecule has 3 nitrogen and oxygen atoms in total. The van der Waals surface area contributed by atoms with Crippen LogP contribution in [-0.2, 0) is 19.3 Å². The van der Waals surface area contributed by atoms with Gasteiger partial charge in [0.2, 0.25) is 0 Å². The summed E-state index contributed by atoms with van der Waals surface area (Å²) < 4.78 is 6.66. The first-order valence-electron chi connectivity index (χ1n) is 11.2. The van der Waals surface area contributed by atoms with Crippen molar-refractivity contribution in [1.82, 2.24) is 0 Å². The molecule has 0 saturated carbocycles. The topological polar surface area (TPSA) is 46.5 Å². The Morgan fingerprint density at radius 2 is 1.77 bits per heavy atom. The van der Waals surface area contributed by atoms with Crippen LogP contribution < -0.4 is 4.74 Å². The van der Waals surface area contributed by atoms with E-state index >= 15 is 0 Å². The van der Waals surface area contributed by atoms with E-state index in [1.54, 1.807) is 18.2 Å². The Bertz CT molecular complexity index is 1070. The second-order valence-corrected chi connectivity index (χ2v) is 8.83. The maximum absolute atomic E-state index is 11.4. The lowest BCUT2D eigenvalue weighted by Gasteiger charge is -2.37. The third-order valence-electron chi connectivity index (χ3n) is 6.21. The minimum atomic E-state index is -0.917. The van der Waals surface area contributed by atoms with Gasteiger partial charge in [-0.25, -0.2) is 4.79 Å². The van der Waals surface area contributed by atoms with Gasteiger partial charge >= 0.3 is 5.97 Å². The molecule has 0 aromatic heterocycles. The van der Waals surface area contributed by atoms with Crippen LogP contribution in [0, 0.1) is 0 Å². The number of aromatic carboxylic acids is 1. The molecule has 0 aliphatic carbocycles. The lowest BCUT2D eigenvalue weighted by Crippen LogP contribution is -2.38. The van der Waals surface area contributed by atoms with Crippen molar-refractivity contribution >= 4 is 5.97 Å². The van der Waals surface area contributed by atoms with Gasteiger partial charge in [-0.05, 0) is 67.0 Å². The van der Waals surface area contributed by atoms with E-state index in [1.165, 1.54) is 29.5 Å². The fourth-order valence-electron chi connectivity index (χ4n) is 4.41. The van der Waals surface area contributed by atoms with E-state index in [2.05, 4.69) is 44.2 Å². The lowest BCUT2D eigenvalue weighted by molar-refractivity contribution is 0.0660. The van der Waals surface area contributed by atoms with Crippen LogP contribution >= 0.6 is 0 Å². The van der Waals surface area contributed by atoms with Gasteiger partial charge in [0, 0.05) is 12.0 Å². The van der Waals surface area contributed by atoms with Crippen molar-refractivity contribution in [2.75, 3.05) is 0 Å². The van der Waals surface area contributed by atoms with Crippen LogP contribution in [0.4, 0.5) is 0 Å². The Balaban J connectivity index is 1.59. The minimum Gasteiger partial charge on any atom is -0.486 e. The smallest absolute Gasteiger partial charge is 0.335 e. The third kappa shape index (κ3) is 4.82. The molecule has 0 radical (unpaired) electrons. The molecule has 3 aromatic rings. The molecule has 160 valence electrons. The summed E-state index contributed by atoms with van der Waals surface area (Å²) in [6.07, 6.45) is 6.33. The van der Waals surface area contributed by atoms with Crippen molar-refractivity contribution in [1.29, 1.82) is 0 Å². The van der Waals surface area contributed by atoms with Gasteiger partial charge in [-0.3, -0.25) is 0 Å². The molecule has 1 heterocycles. The molecule has 3 aromatic carbocycles. The van der Waals surface area contributed by atoms with E-state index in [9.17, 15) is 9.90 Å². The standard InChI is InChI=1S/C28H30O3/c1-3-4-7-20-12-14-21(15-13-20)19-28(2)17-16-22-8-6-11-25(26(22)31-28)23-9-5-10-24(18-23)27(29)30/h5-6,8-15,18H,3-4,7,16-17,19H2,1-2H3,(H,29,30)/t28-/m0/s1. The number of aryl methyl sites for hydroxylation is 2. The number of hydrogen-bond acceptors (Lipinski definition) is 2. The summed E-state index contributed by atoms with van der Waals surface area (Å²) in [4.78, 5) is 11.4. The average Bonchev–Trinajstić information content (AvgIpc) is 2.78. The van der Waals surface area contributed by atoms with E-state index in [0.29, 0.717) is 0 Å². The maximum Gasteiger partial charge on any atom is 0.335 e. The number of carbonyl (C=O) groups is 1. The molecule has 31 heavy (non-hydrogen) atoms. The number of carboxylic acid groups (broad SMARTS) is 1. The van der Waals surface area contributed by atoms with Crippen molar-refractivity contribution in [3.63, 3.8) is 0 Å². The van der Waals surface area contributed by atoms with E-state index < -0.39 is 5.97 Å². The van der Waals surface area contributed by atoms with E-state index in [1.807, 2.05) is 18.2 Å². The van der Waals surface area contributed by atoms with Crippen molar-refractivity contribution in [3.8, 4) is 16.9 Å². The molecule has 0 saturated heterocycles. The zero-order valence-corrected chi connectivity index (χ0v) is 18.4. The van der Waals surface area contributed by atoms with Crippen LogP contribution in [0.1, 0.15) is 60.2 Å². The Kier molecular flexibility index (Phi) is 6.13. The molecule has 0 bridgehead atoms. The molecule has 0 fully saturated rings. The second-order valence-electron chi connectivity index (χ2n) is 8.83. The first kappa shape index (κ1) is 21.2. The molecular formula is C28H30O3. The van der Waals surface area contributed by atoms with Crippen molar-refractivity contribution in [2.45, 2.75) is 58.0 Å². The van der Waals surface area contributed by atoms with Crippen LogP contribution in [0.25, 0.3) is 11.1 Å². The highest BCUT2D eigenvalue weighted by Gasteiger charge is 2.33. The predicted octanol–water partition coefficient (Wildman–Crippen LogP) is 6.72. The van der Waals surface area contributed by atoms with Crippen LogP contribution in [0.5, 0.6) is 5.75 Å². The molecule has 1 aliphatic rings. The summed E-state index contributed by atoms with van der Waals surface area (Å²) in [5, 5.41) is 9.38. The summed E-state index contributed by atoms with van der Waals surface area (Å²) in [5.41, 5.74) is 5.70. The molecular weight excluding hydrogens is 384 g/mol. The summed E-state index contributed by atoms with van der Waals surface area (Å²) in [6.45, 7) is 4.41. The lowest BCUT2D eigenvalue weighted by atomic mass is 9.85. The number of carboxylic acids is 1. The maximum atomic E-state index is 11.4. The molecule has 0 unspecified atom stereocenters. The second kappa shape index (κ2) is 8.97. The Morgan fingerprint density at radius 1 is 1.03 bits per heavy atom. The zero-order valence-electron chi connectivity index (χ0n) is 18.4. The largest absolute Gasteiger partial charge is 0.486 e. The number of rotatable bonds is 7. The van der Waals surface area contributed by atoms with Crippen LogP contribution in [0.2, 0.25) is 0 Å². The summed E-state index contributed by atoms with van der Waals surface area (Å²) >= 11 is 0. The number of ether oxygens (including phenoxy) is 1. The van der Waals surface area contributed by atoms with Gasteiger partial charge in [-0.1, -0.05) is 67.9 Å². The van der Waals surface area contributed by atoms with Gasteiger partial charge < -0.3 is 9.84 Å². The number of benzene rings is 3. The molecule has 3 heteroatoms. The first-order chi connectivity index (χ1) is 15.0. The van der Waals surface area contributed by atoms with Crippen LogP contribution in [0.15, 0.2) is 66.7 Å². The first-order valence-corrected chi connectivity index (χ1v) is 11.2. The van der Waals surface area contributed by atoms with Gasteiger partial charge in [0.15, 0.2) is 0 Å². The van der Waals surface area contributed by atoms with Gasteiger partial charge in [0.25, 0.3) is 0 Å². The number of para-hydroxylation sites is 1. The Hall–Kier alpha value is -3.07. The number of fused-ring (bicyclic) bond motifs is 1. The van der Waals surface area contributed by atoms with Crippen LogP contribution in [0.3, 0.4) is 0 Å². The van der Waals surface area contributed by atoms with Gasteiger partial charge in [0.1, 0.15) is 11.4 Å². The fraction of sp³-hybridized carbons (Fsp3) is 0.321. The number of unbranched alkanes of at least 4 members (excludes halogenated alkanes) is 1. The molecule has 0 amide bonds. The van der Waals surface area contributed by atoms with Gasteiger partial charge in [-0.2, -0.15) is 0 Å². The Morgan fingerprint density at radius 3 is 2.52 bits per heavy atom. The van der Waals surface area contributed by atoms with Crippen molar-refractivity contribution in [2.24, 2.45) is 0 Å². The third-order valence-corrected chi connectivity index (χ3v) is 6.21. The quantitative estimate of drug-likeness (QED) is 0.467. The molecule has 4 rings (SSSR count). The van der Waals surface area contributed by atoms with Gasteiger partial charge in [0.05, 0.1) is 5.56 Å². The van der Waals surface area contributed by atoms with Crippen molar-refractivity contribution < 1.29 is 14.6 Å². The molecule has 1 aliphatic heterocycles. The summed E-state index contributed by atoms with van der Waals surface area (Å²) in [5.74, 6) is -0.0295. The van der Waals surface area contributed by atoms with Crippen molar-refractivity contribution in [3.05, 3.63) is 89.0 Å².